The lowest BCUT2D eigenvalue weighted by atomic mass is 10.1. The van der Waals surface area contributed by atoms with E-state index in [1.165, 1.54) is 20.3 Å². The molecule has 0 bridgehead atoms. The monoisotopic (exact) mass is 393 g/mol. The molecule has 0 spiro atoms. The Morgan fingerprint density at radius 2 is 1.63 bits per heavy atom. The number of halogens is 1. The second-order valence-electron chi connectivity index (χ2n) is 5.42. The molecular weight excluding hydrogens is 374 g/mol. The first kappa shape index (κ1) is 20.4. The molecule has 2 rings (SSSR count). The van der Waals surface area contributed by atoms with E-state index in [9.17, 15) is 9.59 Å². The average molecular weight is 394 g/mol. The number of rotatable bonds is 8. The van der Waals surface area contributed by atoms with Crippen molar-refractivity contribution in [3.63, 3.8) is 0 Å². The highest BCUT2D eigenvalue weighted by atomic mass is 35.5. The van der Waals surface area contributed by atoms with Gasteiger partial charge in [-0.05, 0) is 23.8 Å². The average Bonchev–Trinajstić information content (AvgIpc) is 2.67. The van der Waals surface area contributed by atoms with Crippen molar-refractivity contribution in [2.24, 2.45) is 0 Å². The smallest absolute Gasteiger partial charge is 0.310 e. The van der Waals surface area contributed by atoms with Crippen LogP contribution in [-0.4, -0.2) is 39.8 Å². The zero-order chi connectivity index (χ0) is 19.8. The molecule has 0 aliphatic carbocycles. The summed E-state index contributed by atoms with van der Waals surface area (Å²) in [5.41, 5.74) is 1.10. The normalized spacial score (nSPS) is 10.1. The van der Waals surface area contributed by atoms with Crippen LogP contribution in [0.2, 0.25) is 5.02 Å². The van der Waals surface area contributed by atoms with Crippen molar-refractivity contribution in [2.45, 2.75) is 6.42 Å². The van der Waals surface area contributed by atoms with Gasteiger partial charge in [-0.3, -0.25) is 9.59 Å². The number of ether oxygens (including phenoxy) is 4. The lowest BCUT2D eigenvalue weighted by Crippen LogP contribution is -2.22. The number of carbonyl (C=O) groups is 2. The van der Waals surface area contributed by atoms with E-state index in [0.29, 0.717) is 28.0 Å². The van der Waals surface area contributed by atoms with E-state index in [-0.39, 0.29) is 6.42 Å². The van der Waals surface area contributed by atoms with Gasteiger partial charge in [0.05, 0.1) is 38.5 Å². The third kappa shape index (κ3) is 5.79. The van der Waals surface area contributed by atoms with E-state index in [1.54, 1.807) is 37.4 Å². The van der Waals surface area contributed by atoms with Crippen LogP contribution in [0.15, 0.2) is 36.4 Å². The molecule has 0 saturated carbocycles. The standard InChI is InChI=1S/C19H20ClNO6/c1-24-13-6-4-12(5-7-13)8-19(23)27-11-18(22)21-15-9-14(20)16(25-2)10-17(15)26-3/h4-7,9-10H,8,11H2,1-3H3,(H,21,22). The first-order chi connectivity index (χ1) is 13.0. The van der Waals surface area contributed by atoms with Crippen molar-refractivity contribution < 1.29 is 28.5 Å². The van der Waals surface area contributed by atoms with Crippen molar-refractivity contribution in [3.8, 4) is 17.2 Å². The number of carbonyl (C=O) groups excluding carboxylic acids is 2. The Bertz CT molecular complexity index is 807. The molecule has 144 valence electrons. The number of esters is 1. The van der Waals surface area contributed by atoms with E-state index < -0.39 is 18.5 Å². The van der Waals surface area contributed by atoms with Crippen LogP contribution in [0.4, 0.5) is 5.69 Å². The molecule has 27 heavy (non-hydrogen) atoms. The van der Waals surface area contributed by atoms with Crippen molar-refractivity contribution in [3.05, 3.63) is 47.0 Å². The number of benzene rings is 2. The number of methoxy groups -OCH3 is 3. The predicted octanol–water partition coefficient (Wildman–Crippen LogP) is 3.09. The highest BCUT2D eigenvalue weighted by Gasteiger charge is 2.14. The summed E-state index contributed by atoms with van der Waals surface area (Å²) < 4.78 is 20.4. The molecule has 0 aliphatic rings. The van der Waals surface area contributed by atoms with Crippen LogP contribution < -0.4 is 19.5 Å². The number of hydrogen-bond donors (Lipinski definition) is 1. The molecule has 8 heteroatoms. The van der Waals surface area contributed by atoms with Crippen LogP contribution in [0.1, 0.15) is 5.56 Å². The van der Waals surface area contributed by atoms with Crippen LogP contribution in [0.25, 0.3) is 0 Å². The van der Waals surface area contributed by atoms with E-state index in [0.717, 1.165) is 5.56 Å². The second-order valence-corrected chi connectivity index (χ2v) is 5.83. The Hall–Kier alpha value is -2.93. The first-order valence-electron chi connectivity index (χ1n) is 7.96. The Morgan fingerprint density at radius 3 is 2.22 bits per heavy atom. The number of amides is 1. The van der Waals surface area contributed by atoms with E-state index in [1.807, 2.05) is 0 Å². The third-order valence-corrected chi connectivity index (χ3v) is 3.92. The summed E-state index contributed by atoms with van der Waals surface area (Å²) in [7, 11) is 4.49. The number of anilines is 1. The molecule has 0 aliphatic heterocycles. The van der Waals surface area contributed by atoms with Crippen LogP contribution >= 0.6 is 11.6 Å². The first-order valence-corrected chi connectivity index (χ1v) is 8.34. The van der Waals surface area contributed by atoms with Gasteiger partial charge in [0.1, 0.15) is 17.2 Å². The minimum absolute atomic E-state index is 0.0506. The summed E-state index contributed by atoms with van der Waals surface area (Å²) >= 11 is 6.06. The summed E-state index contributed by atoms with van der Waals surface area (Å²) in [5, 5.41) is 2.90. The molecular formula is C19H20ClNO6. The van der Waals surface area contributed by atoms with Gasteiger partial charge in [-0.15, -0.1) is 0 Å². The molecule has 0 radical (unpaired) electrons. The molecule has 2 aromatic rings. The Balaban J connectivity index is 1.90. The fourth-order valence-corrected chi connectivity index (χ4v) is 2.49. The summed E-state index contributed by atoms with van der Waals surface area (Å²) in [6.45, 7) is -0.429. The van der Waals surface area contributed by atoms with E-state index in [4.69, 9.17) is 30.5 Å². The van der Waals surface area contributed by atoms with Gasteiger partial charge in [-0.2, -0.15) is 0 Å². The quantitative estimate of drug-likeness (QED) is 0.694. The van der Waals surface area contributed by atoms with E-state index in [2.05, 4.69) is 5.32 Å². The maximum atomic E-state index is 12.1. The lowest BCUT2D eigenvalue weighted by molar-refractivity contribution is -0.146. The molecule has 1 N–H and O–H groups in total. The molecule has 0 unspecified atom stereocenters. The molecule has 7 nitrogen and oxygen atoms in total. The van der Waals surface area contributed by atoms with Gasteiger partial charge < -0.3 is 24.3 Å². The Labute approximate surface area is 162 Å². The molecule has 0 aromatic heterocycles. The van der Waals surface area contributed by atoms with Crippen molar-refractivity contribution in [1.29, 1.82) is 0 Å². The summed E-state index contributed by atoms with van der Waals surface area (Å²) in [4.78, 5) is 23.9. The van der Waals surface area contributed by atoms with Crippen molar-refractivity contribution >= 4 is 29.2 Å². The minimum Gasteiger partial charge on any atom is -0.497 e. The highest BCUT2D eigenvalue weighted by molar-refractivity contribution is 6.32. The van der Waals surface area contributed by atoms with Gasteiger partial charge >= 0.3 is 5.97 Å². The molecule has 0 fully saturated rings. The lowest BCUT2D eigenvalue weighted by Gasteiger charge is -2.13. The zero-order valence-electron chi connectivity index (χ0n) is 15.2. The van der Waals surface area contributed by atoms with Crippen molar-refractivity contribution in [1.82, 2.24) is 0 Å². The molecule has 1 amide bonds. The summed E-state index contributed by atoms with van der Waals surface area (Å²) in [6, 6.07) is 10.0. The fourth-order valence-electron chi connectivity index (χ4n) is 2.25. The molecule has 0 heterocycles. The third-order valence-electron chi connectivity index (χ3n) is 3.62. The van der Waals surface area contributed by atoms with Crippen LogP contribution in [-0.2, 0) is 20.7 Å². The highest BCUT2D eigenvalue weighted by Crippen LogP contribution is 2.35. The maximum absolute atomic E-state index is 12.1. The van der Waals surface area contributed by atoms with Gasteiger partial charge in [0.25, 0.3) is 5.91 Å². The Kier molecular flexibility index (Phi) is 7.31. The number of hydrogen-bond acceptors (Lipinski definition) is 6. The number of nitrogens with one attached hydrogen (secondary N) is 1. The summed E-state index contributed by atoms with van der Waals surface area (Å²) in [6.07, 6.45) is 0.0506. The predicted molar refractivity (Wildman–Crippen MR) is 101 cm³/mol. The van der Waals surface area contributed by atoms with E-state index >= 15 is 0 Å². The zero-order valence-corrected chi connectivity index (χ0v) is 16.0. The molecule has 0 atom stereocenters. The van der Waals surface area contributed by atoms with Gasteiger partial charge in [-0.1, -0.05) is 23.7 Å². The van der Waals surface area contributed by atoms with Gasteiger partial charge in [0.2, 0.25) is 0 Å². The topological polar surface area (TPSA) is 83.1 Å². The minimum atomic E-state index is -0.518. The van der Waals surface area contributed by atoms with Crippen LogP contribution in [0.3, 0.4) is 0 Å². The fraction of sp³-hybridized carbons (Fsp3) is 0.263. The van der Waals surface area contributed by atoms with Crippen molar-refractivity contribution in [2.75, 3.05) is 33.3 Å². The van der Waals surface area contributed by atoms with Crippen LogP contribution in [0, 0.1) is 0 Å². The van der Waals surface area contributed by atoms with Gasteiger partial charge in [-0.25, -0.2) is 0 Å². The van der Waals surface area contributed by atoms with Gasteiger partial charge in [0.15, 0.2) is 6.61 Å². The second kappa shape index (κ2) is 9.68. The summed E-state index contributed by atoms with van der Waals surface area (Å²) in [5.74, 6) is 0.442. The molecule has 2 aromatic carbocycles. The molecule has 0 saturated heterocycles. The Morgan fingerprint density at radius 1 is 0.963 bits per heavy atom. The largest absolute Gasteiger partial charge is 0.497 e. The maximum Gasteiger partial charge on any atom is 0.310 e. The van der Waals surface area contributed by atoms with Gasteiger partial charge in [0, 0.05) is 6.07 Å². The SMILES string of the molecule is COc1ccc(CC(=O)OCC(=O)Nc2cc(Cl)c(OC)cc2OC)cc1. The van der Waals surface area contributed by atoms with Crippen LogP contribution in [0.5, 0.6) is 17.2 Å².